The molecule has 0 bridgehead atoms. The SMILES string of the molecule is CC1=C(C(N)=O)OC(c2ccccc2)C1=O. The summed E-state index contributed by atoms with van der Waals surface area (Å²) in [5.41, 5.74) is 6.13. The van der Waals surface area contributed by atoms with Gasteiger partial charge in [-0.15, -0.1) is 0 Å². The molecule has 0 aromatic heterocycles. The molecule has 1 aromatic carbocycles. The lowest BCUT2D eigenvalue weighted by Gasteiger charge is -2.10. The number of ether oxygens (including phenoxy) is 1. The Morgan fingerprint density at radius 2 is 1.94 bits per heavy atom. The zero-order valence-electron chi connectivity index (χ0n) is 8.77. The van der Waals surface area contributed by atoms with E-state index < -0.39 is 12.0 Å². The fourth-order valence-electron chi connectivity index (χ4n) is 1.66. The van der Waals surface area contributed by atoms with Crippen molar-refractivity contribution < 1.29 is 14.3 Å². The van der Waals surface area contributed by atoms with Crippen LogP contribution in [0, 0.1) is 0 Å². The molecule has 1 aromatic rings. The van der Waals surface area contributed by atoms with Crippen molar-refractivity contribution in [3.8, 4) is 0 Å². The second-order valence-corrected chi connectivity index (χ2v) is 3.59. The molecule has 0 spiro atoms. The van der Waals surface area contributed by atoms with Gasteiger partial charge >= 0.3 is 0 Å². The molecule has 1 aliphatic heterocycles. The molecule has 2 N–H and O–H groups in total. The number of carbonyl (C=O) groups excluding carboxylic acids is 2. The first-order chi connectivity index (χ1) is 7.61. The molecule has 0 fully saturated rings. The van der Waals surface area contributed by atoms with E-state index >= 15 is 0 Å². The molecule has 4 heteroatoms. The second-order valence-electron chi connectivity index (χ2n) is 3.59. The third kappa shape index (κ3) is 1.58. The van der Waals surface area contributed by atoms with Crippen LogP contribution in [-0.2, 0) is 14.3 Å². The van der Waals surface area contributed by atoms with Crippen molar-refractivity contribution in [1.82, 2.24) is 0 Å². The Labute approximate surface area is 92.7 Å². The highest BCUT2D eigenvalue weighted by atomic mass is 16.5. The van der Waals surface area contributed by atoms with Crippen LogP contribution in [0.2, 0.25) is 0 Å². The molecule has 1 amide bonds. The van der Waals surface area contributed by atoms with Crippen LogP contribution in [0.5, 0.6) is 0 Å². The third-order valence-corrected chi connectivity index (χ3v) is 2.51. The first-order valence-electron chi connectivity index (χ1n) is 4.87. The first-order valence-corrected chi connectivity index (χ1v) is 4.87. The summed E-state index contributed by atoms with van der Waals surface area (Å²) >= 11 is 0. The zero-order chi connectivity index (χ0) is 11.7. The van der Waals surface area contributed by atoms with Crippen LogP contribution in [-0.4, -0.2) is 11.7 Å². The third-order valence-electron chi connectivity index (χ3n) is 2.51. The van der Waals surface area contributed by atoms with Crippen LogP contribution in [0.4, 0.5) is 0 Å². The Balaban J connectivity index is 2.32. The number of amides is 1. The highest BCUT2D eigenvalue weighted by molar-refractivity contribution is 6.08. The van der Waals surface area contributed by atoms with Gasteiger partial charge in [-0.05, 0) is 6.92 Å². The van der Waals surface area contributed by atoms with Gasteiger partial charge in [-0.1, -0.05) is 30.3 Å². The molecule has 0 aliphatic carbocycles. The highest BCUT2D eigenvalue weighted by Gasteiger charge is 2.35. The Morgan fingerprint density at radius 1 is 1.31 bits per heavy atom. The number of primary amides is 1. The number of nitrogens with two attached hydrogens (primary N) is 1. The van der Waals surface area contributed by atoms with Gasteiger partial charge in [0.25, 0.3) is 5.91 Å². The van der Waals surface area contributed by atoms with Gasteiger partial charge in [0.05, 0.1) is 0 Å². The molecule has 4 nitrogen and oxygen atoms in total. The highest BCUT2D eigenvalue weighted by Crippen LogP contribution is 2.32. The van der Waals surface area contributed by atoms with Crippen LogP contribution in [0.1, 0.15) is 18.6 Å². The number of hydrogen-bond acceptors (Lipinski definition) is 3. The second kappa shape index (κ2) is 3.81. The van der Waals surface area contributed by atoms with Crippen molar-refractivity contribution in [2.75, 3.05) is 0 Å². The Bertz CT molecular complexity index is 476. The van der Waals surface area contributed by atoms with Crippen molar-refractivity contribution in [1.29, 1.82) is 0 Å². The number of hydrogen-bond donors (Lipinski definition) is 1. The lowest BCUT2D eigenvalue weighted by Crippen LogP contribution is -2.15. The standard InChI is InChI=1S/C12H11NO3/c1-7-9(14)11(16-10(7)12(13)15)8-5-3-2-4-6-8/h2-6,11H,1H3,(H2,13,15). The van der Waals surface area contributed by atoms with E-state index in [2.05, 4.69) is 0 Å². The summed E-state index contributed by atoms with van der Waals surface area (Å²) in [6.45, 7) is 1.55. The van der Waals surface area contributed by atoms with E-state index in [-0.39, 0.29) is 11.5 Å². The van der Waals surface area contributed by atoms with Crippen molar-refractivity contribution in [2.24, 2.45) is 5.73 Å². The van der Waals surface area contributed by atoms with E-state index in [0.717, 1.165) is 5.56 Å². The van der Waals surface area contributed by atoms with Gasteiger partial charge in [0, 0.05) is 11.1 Å². The molecule has 0 saturated heterocycles. The van der Waals surface area contributed by atoms with Gasteiger partial charge in [-0.3, -0.25) is 9.59 Å². The molecule has 1 unspecified atom stereocenters. The molecule has 2 rings (SSSR count). The fraction of sp³-hybridized carbons (Fsp3) is 0.167. The summed E-state index contributed by atoms with van der Waals surface area (Å²) in [5.74, 6) is -0.942. The van der Waals surface area contributed by atoms with Crippen LogP contribution in [0.3, 0.4) is 0 Å². The van der Waals surface area contributed by atoms with Crippen LogP contribution in [0.25, 0.3) is 0 Å². The summed E-state index contributed by atoms with van der Waals surface area (Å²) in [6, 6.07) is 9.02. The van der Waals surface area contributed by atoms with E-state index in [4.69, 9.17) is 10.5 Å². The van der Waals surface area contributed by atoms with E-state index in [1.165, 1.54) is 0 Å². The zero-order valence-corrected chi connectivity index (χ0v) is 8.77. The van der Waals surface area contributed by atoms with Gasteiger partial charge in [0.2, 0.25) is 5.78 Å². The summed E-state index contributed by atoms with van der Waals surface area (Å²) in [5, 5.41) is 0. The van der Waals surface area contributed by atoms with Crippen molar-refractivity contribution >= 4 is 11.7 Å². The van der Waals surface area contributed by atoms with E-state index in [1.54, 1.807) is 19.1 Å². The average molecular weight is 217 g/mol. The summed E-state index contributed by atoms with van der Waals surface area (Å²) in [7, 11) is 0. The lowest BCUT2D eigenvalue weighted by atomic mass is 10.0. The fourth-order valence-corrected chi connectivity index (χ4v) is 1.66. The van der Waals surface area contributed by atoms with E-state index in [1.807, 2.05) is 18.2 Å². The molecule has 1 atom stereocenters. The lowest BCUT2D eigenvalue weighted by molar-refractivity contribution is -0.123. The monoisotopic (exact) mass is 217 g/mol. The number of rotatable bonds is 2. The predicted octanol–water partition coefficient (Wildman–Crippen LogP) is 1.09. The maximum Gasteiger partial charge on any atom is 0.284 e. The minimum Gasteiger partial charge on any atom is -0.471 e. The predicted molar refractivity (Wildman–Crippen MR) is 57.2 cm³/mol. The van der Waals surface area contributed by atoms with Crippen molar-refractivity contribution in [2.45, 2.75) is 13.0 Å². The van der Waals surface area contributed by atoms with Crippen LogP contribution in [0.15, 0.2) is 41.7 Å². The first kappa shape index (κ1) is 10.4. The van der Waals surface area contributed by atoms with Crippen molar-refractivity contribution in [3.63, 3.8) is 0 Å². The van der Waals surface area contributed by atoms with Gasteiger partial charge < -0.3 is 10.5 Å². The molecule has 0 radical (unpaired) electrons. The van der Waals surface area contributed by atoms with Crippen LogP contribution < -0.4 is 5.73 Å². The Morgan fingerprint density at radius 3 is 2.44 bits per heavy atom. The minimum absolute atomic E-state index is 0.0288. The van der Waals surface area contributed by atoms with E-state index in [9.17, 15) is 9.59 Å². The molecule has 16 heavy (non-hydrogen) atoms. The minimum atomic E-state index is -0.733. The molecular formula is C12H11NO3. The molecule has 0 saturated carbocycles. The summed E-state index contributed by atoms with van der Waals surface area (Å²) in [4.78, 5) is 22.9. The normalized spacial score (nSPS) is 19.8. The van der Waals surface area contributed by atoms with E-state index in [0.29, 0.717) is 5.57 Å². The maximum absolute atomic E-state index is 11.8. The van der Waals surface area contributed by atoms with Crippen LogP contribution >= 0.6 is 0 Å². The largest absolute Gasteiger partial charge is 0.471 e. The number of ketones is 1. The number of carbonyl (C=O) groups is 2. The smallest absolute Gasteiger partial charge is 0.284 e. The number of Topliss-reactive ketones (excluding diaryl/α,β-unsaturated/α-hetero) is 1. The molecule has 1 aliphatic rings. The van der Waals surface area contributed by atoms with Gasteiger partial charge in [0.1, 0.15) is 0 Å². The number of benzene rings is 1. The topological polar surface area (TPSA) is 69.4 Å². The summed E-state index contributed by atoms with van der Waals surface area (Å²) in [6.07, 6.45) is -0.733. The molecule has 1 heterocycles. The molecular weight excluding hydrogens is 206 g/mol. The Hall–Kier alpha value is -2.10. The average Bonchev–Trinajstić information content (AvgIpc) is 2.58. The maximum atomic E-state index is 11.8. The quantitative estimate of drug-likeness (QED) is 0.806. The van der Waals surface area contributed by atoms with Gasteiger partial charge in [-0.25, -0.2) is 0 Å². The Kier molecular flexibility index (Phi) is 2.48. The van der Waals surface area contributed by atoms with Gasteiger partial charge in [-0.2, -0.15) is 0 Å². The summed E-state index contributed by atoms with van der Waals surface area (Å²) < 4.78 is 5.29. The molecule has 82 valence electrons. The van der Waals surface area contributed by atoms with Crippen molar-refractivity contribution in [3.05, 3.63) is 47.2 Å². The van der Waals surface area contributed by atoms with Gasteiger partial charge in [0.15, 0.2) is 11.9 Å².